The highest BCUT2D eigenvalue weighted by molar-refractivity contribution is 6.02. The molecule has 2 amide bonds. The smallest absolute Gasteiger partial charge is 0.271 e. The van der Waals surface area contributed by atoms with E-state index in [1.807, 2.05) is 45.0 Å². The van der Waals surface area contributed by atoms with E-state index in [0.29, 0.717) is 48.3 Å². The van der Waals surface area contributed by atoms with Gasteiger partial charge in [-0.2, -0.15) is 5.10 Å². The lowest BCUT2D eigenvalue weighted by Crippen LogP contribution is -2.24. The Morgan fingerprint density at radius 3 is 2.14 bits per heavy atom. The molecule has 1 aliphatic rings. The van der Waals surface area contributed by atoms with E-state index in [1.165, 1.54) is 6.42 Å². The fourth-order valence-electron chi connectivity index (χ4n) is 4.21. The van der Waals surface area contributed by atoms with Gasteiger partial charge in [0.05, 0.1) is 25.5 Å². The van der Waals surface area contributed by atoms with E-state index in [1.54, 1.807) is 19.1 Å². The van der Waals surface area contributed by atoms with Crippen LogP contribution in [-0.2, 0) is 4.79 Å². The number of hydrogen-bond acceptors (Lipinski definition) is 6. The van der Waals surface area contributed by atoms with Crippen LogP contribution in [0.2, 0.25) is 0 Å². The van der Waals surface area contributed by atoms with Gasteiger partial charge in [-0.1, -0.05) is 31.4 Å². The van der Waals surface area contributed by atoms with E-state index >= 15 is 0 Å². The molecular weight excluding hydrogens is 458 g/mol. The highest BCUT2D eigenvalue weighted by Gasteiger charge is 2.21. The first-order valence-corrected chi connectivity index (χ1v) is 12.8. The van der Waals surface area contributed by atoms with Crippen molar-refractivity contribution in [2.75, 3.05) is 25.1 Å². The van der Waals surface area contributed by atoms with E-state index in [9.17, 15) is 9.59 Å². The molecule has 1 saturated carbocycles. The van der Waals surface area contributed by atoms with Crippen molar-refractivity contribution in [2.24, 2.45) is 11.0 Å². The number of rotatable bonds is 11. The third kappa shape index (κ3) is 7.23. The molecule has 0 bridgehead atoms. The molecule has 1 aliphatic carbocycles. The number of nitrogens with one attached hydrogen (secondary N) is 2. The van der Waals surface area contributed by atoms with Crippen molar-refractivity contribution in [1.82, 2.24) is 5.43 Å². The standard InChI is InChI=1S/C28H37N3O5/c1-5-34-24-17-22(18-25(35-6-2)26(24)36-7-3)28(33)31-30-19(4)21-14-11-15-23(16-21)29-27(32)20-12-9-8-10-13-20/h11,14-18,20H,5-10,12-13H2,1-4H3,(H,29,32)(H,31,33)/b30-19+. The molecule has 8 nitrogen and oxygen atoms in total. The molecule has 0 unspecified atom stereocenters. The van der Waals surface area contributed by atoms with Crippen molar-refractivity contribution in [3.63, 3.8) is 0 Å². The second kappa shape index (κ2) is 13.5. The van der Waals surface area contributed by atoms with Crippen LogP contribution in [0.15, 0.2) is 41.5 Å². The molecule has 3 rings (SSSR count). The molecule has 0 aromatic heterocycles. The number of carbonyl (C=O) groups excluding carboxylic acids is 2. The highest BCUT2D eigenvalue weighted by atomic mass is 16.5. The summed E-state index contributed by atoms with van der Waals surface area (Å²) in [6.07, 6.45) is 5.31. The minimum atomic E-state index is -0.402. The Kier molecular flexibility index (Phi) is 10.2. The molecule has 0 heterocycles. The first-order chi connectivity index (χ1) is 17.5. The zero-order chi connectivity index (χ0) is 25.9. The number of nitrogens with zero attached hydrogens (tertiary/aromatic N) is 1. The number of anilines is 1. The van der Waals surface area contributed by atoms with Gasteiger partial charge in [-0.25, -0.2) is 5.43 Å². The minimum absolute atomic E-state index is 0.0699. The largest absolute Gasteiger partial charge is 0.490 e. The summed E-state index contributed by atoms with van der Waals surface area (Å²) in [6, 6.07) is 10.7. The van der Waals surface area contributed by atoms with E-state index in [2.05, 4.69) is 15.8 Å². The van der Waals surface area contributed by atoms with Crippen LogP contribution in [0, 0.1) is 5.92 Å². The summed E-state index contributed by atoms with van der Waals surface area (Å²) in [5.41, 5.74) is 5.08. The first kappa shape index (κ1) is 27.0. The number of benzene rings is 2. The van der Waals surface area contributed by atoms with Gasteiger partial charge in [-0.05, 0) is 70.4 Å². The van der Waals surface area contributed by atoms with Gasteiger partial charge in [0, 0.05) is 17.2 Å². The average Bonchev–Trinajstić information content (AvgIpc) is 2.89. The molecule has 1 fully saturated rings. The summed E-state index contributed by atoms with van der Waals surface area (Å²) >= 11 is 0. The van der Waals surface area contributed by atoms with E-state index in [0.717, 1.165) is 36.9 Å². The van der Waals surface area contributed by atoms with Crippen LogP contribution in [0.25, 0.3) is 0 Å². The number of hydrogen-bond donors (Lipinski definition) is 2. The van der Waals surface area contributed by atoms with Crippen LogP contribution in [0.1, 0.15) is 75.7 Å². The maximum absolute atomic E-state index is 12.9. The van der Waals surface area contributed by atoms with Crippen LogP contribution >= 0.6 is 0 Å². The number of ether oxygens (including phenoxy) is 3. The third-order valence-corrected chi connectivity index (χ3v) is 6.02. The fourth-order valence-corrected chi connectivity index (χ4v) is 4.21. The van der Waals surface area contributed by atoms with Crippen molar-refractivity contribution in [1.29, 1.82) is 0 Å². The lowest BCUT2D eigenvalue weighted by molar-refractivity contribution is -0.120. The summed E-state index contributed by atoms with van der Waals surface area (Å²) in [5.74, 6) is 1.11. The Bertz CT molecular complexity index is 1050. The predicted octanol–water partition coefficient (Wildman–Crippen LogP) is 5.56. The minimum Gasteiger partial charge on any atom is -0.490 e. The lowest BCUT2D eigenvalue weighted by Gasteiger charge is -2.20. The van der Waals surface area contributed by atoms with Gasteiger partial charge in [0.1, 0.15) is 0 Å². The number of amides is 2. The van der Waals surface area contributed by atoms with Crippen LogP contribution in [0.3, 0.4) is 0 Å². The summed E-state index contributed by atoms with van der Waals surface area (Å²) in [7, 11) is 0. The normalized spacial score (nSPS) is 14.2. The Morgan fingerprint density at radius 1 is 0.889 bits per heavy atom. The maximum atomic E-state index is 12.9. The quantitative estimate of drug-likeness (QED) is 0.314. The second-order valence-corrected chi connectivity index (χ2v) is 8.64. The summed E-state index contributed by atoms with van der Waals surface area (Å²) in [4.78, 5) is 25.5. The van der Waals surface area contributed by atoms with Crippen molar-refractivity contribution in [2.45, 2.75) is 59.8 Å². The Morgan fingerprint density at radius 2 is 1.53 bits per heavy atom. The van der Waals surface area contributed by atoms with E-state index < -0.39 is 5.91 Å². The molecule has 2 aromatic rings. The second-order valence-electron chi connectivity index (χ2n) is 8.64. The van der Waals surface area contributed by atoms with Gasteiger partial charge >= 0.3 is 0 Å². The fraction of sp³-hybridized carbons (Fsp3) is 0.464. The van der Waals surface area contributed by atoms with Crippen LogP contribution in [0.5, 0.6) is 17.2 Å². The summed E-state index contributed by atoms with van der Waals surface area (Å²) < 4.78 is 17.1. The summed E-state index contributed by atoms with van der Waals surface area (Å²) in [5, 5.41) is 7.31. The SMILES string of the molecule is CCOc1cc(C(=O)N/N=C(\C)c2cccc(NC(=O)C3CCCCC3)c2)cc(OCC)c1OCC. The monoisotopic (exact) mass is 495 g/mol. The summed E-state index contributed by atoms with van der Waals surface area (Å²) in [6.45, 7) is 8.68. The zero-order valence-corrected chi connectivity index (χ0v) is 21.7. The molecule has 0 radical (unpaired) electrons. The molecule has 0 spiro atoms. The van der Waals surface area contributed by atoms with Gasteiger partial charge in [0.2, 0.25) is 11.7 Å². The van der Waals surface area contributed by atoms with Gasteiger partial charge in [0.15, 0.2) is 11.5 Å². The molecule has 194 valence electrons. The zero-order valence-electron chi connectivity index (χ0n) is 21.7. The topological polar surface area (TPSA) is 98.2 Å². The van der Waals surface area contributed by atoms with Gasteiger partial charge in [-0.3, -0.25) is 9.59 Å². The van der Waals surface area contributed by atoms with Crippen LogP contribution in [0.4, 0.5) is 5.69 Å². The Hall–Kier alpha value is -3.55. The average molecular weight is 496 g/mol. The van der Waals surface area contributed by atoms with Crippen LogP contribution in [-0.4, -0.2) is 37.3 Å². The first-order valence-electron chi connectivity index (χ1n) is 12.8. The lowest BCUT2D eigenvalue weighted by atomic mass is 9.88. The van der Waals surface area contributed by atoms with Crippen LogP contribution < -0.4 is 25.0 Å². The van der Waals surface area contributed by atoms with Crippen molar-refractivity contribution >= 4 is 23.2 Å². The molecule has 36 heavy (non-hydrogen) atoms. The van der Waals surface area contributed by atoms with E-state index in [-0.39, 0.29) is 11.8 Å². The number of carbonyl (C=O) groups is 2. The van der Waals surface area contributed by atoms with Crippen molar-refractivity contribution < 1.29 is 23.8 Å². The molecule has 2 N–H and O–H groups in total. The third-order valence-electron chi connectivity index (χ3n) is 6.02. The molecule has 0 atom stereocenters. The van der Waals surface area contributed by atoms with Crippen molar-refractivity contribution in [3.8, 4) is 17.2 Å². The Balaban J connectivity index is 1.73. The van der Waals surface area contributed by atoms with Crippen molar-refractivity contribution in [3.05, 3.63) is 47.5 Å². The molecule has 2 aromatic carbocycles. The molecular formula is C28H37N3O5. The molecule has 8 heteroatoms. The van der Waals surface area contributed by atoms with Gasteiger partial charge < -0.3 is 19.5 Å². The molecule has 0 aliphatic heterocycles. The number of hydrazone groups is 1. The maximum Gasteiger partial charge on any atom is 0.271 e. The predicted molar refractivity (Wildman–Crippen MR) is 141 cm³/mol. The van der Waals surface area contributed by atoms with Gasteiger partial charge in [0.25, 0.3) is 5.91 Å². The Labute approximate surface area is 213 Å². The highest BCUT2D eigenvalue weighted by Crippen LogP contribution is 2.39. The van der Waals surface area contributed by atoms with E-state index in [4.69, 9.17) is 14.2 Å². The molecule has 0 saturated heterocycles. The van der Waals surface area contributed by atoms with Gasteiger partial charge in [-0.15, -0.1) is 0 Å².